The number of non-ortho nitro benzene ring substituents is 1. The second-order valence-corrected chi connectivity index (χ2v) is 7.69. The molecule has 0 radical (unpaired) electrons. The van der Waals surface area contributed by atoms with Gasteiger partial charge in [0.2, 0.25) is 0 Å². The van der Waals surface area contributed by atoms with Crippen molar-refractivity contribution < 1.29 is 18.9 Å². The van der Waals surface area contributed by atoms with E-state index in [1.54, 1.807) is 0 Å². The van der Waals surface area contributed by atoms with E-state index in [9.17, 15) is 24.1 Å². The van der Waals surface area contributed by atoms with Gasteiger partial charge in [0.1, 0.15) is 5.82 Å². The zero-order valence-electron chi connectivity index (χ0n) is 16.0. The van der Waals surface area contributed by atoms with E-state index in [1.165, 1.54) is 54.2 Å². The number of hydrogen-bond donors (Lipinski definition) is 0. The van der Waals surface area contributed by atoms with E-state index in [4.69, 9.17) is 0 Å². The van der Waals surface area contributed by atoms with Gasteiger partial charge >= 0.3 is 0 Å². The van der Waals surface area contributed by atoms with Crippen LogP contribution in [0.2, 0.25) is 0 Å². The van der Waals surface area contributed by atoms with Gasteiger partial charge in [-0.3, -0.25) is 19.7 Å². The van der Waals surface area contributed by atoms with Crippen molar-refractivity contribution in [2.75, 3.05) is 4.90 Å². The molecule has 0 saturated carbocycles. The summed E-state index contributed by atoms with van der Waals surface area (Å²) in [5, 5.41) is 11.0. The summed E-state index contributed by atoms with van der Waals surface area (Å²) in [4.78, 5) is 38.0. The van der Waals surface area contributed by atoms with E-state index >= 15 is 0 Å². The number of hydrogen-bond acceptors (Lipinski definition) is 5. The standard InChI is InChI=1S/C23H15FN2O4S/c24-17-7-4-8-19(13-17)25-22(27)20(16-9-11-18(12-10-16)26(29)30)21(23(25)28)31-14-15-5-2-1-3-6-15/h1-13H,14H2. The van der Waals surface area contributed by atoms with Gasteiger partial charge < -0.3 is 0 Å². The van der Waals surface area contributed by atoms with Crippen molar-refractivity contribution >= 4 is 40.5 Å². The van der Waals surface area contributed by atoms with Crippen LogP contribution in [0.1, 0.15) is 11.1 Å². The molecule has 1 heterocycles. The van der Waals surface area contributed by atoms with Gasteiger partial charge in [-0.05, 0) is 41.5 Å². The molecule has 0 N–H and O–H groups in total. The molecule has 2 amide bonds. The van der Waals surface area contributed by atoms with Crippen LogP contribution in [0.15, 0.2) is 83.8 Å². The Kier molecular flexibility index (Phi) is 5.64. The van der Waals surface area contributed by atoms with Crippen LogP contribution < -0.4 is 4.90 Å². The third kappa shape index (κ3) is 4.10. The number of nitro groups is 1. The SMILES string of the molecule is O=C1C(SCc2ccccc2)=C(c2ccc([N+](=O)[O-])cc2)C(=O)N1c1cccc(F)c1. The summed E-state index contributed by atoms with van der Waals surface area (Å²) >= 11 is 1.21. The van der Waals surface area contributed by atoms with Crippen LogP contribution in [0, 0.1) is 15.9 Å². The lowest BCUT2D eigenvalue weighted by atomic mass is 10.1. The number of imide groups is 1. The number of amides is 2. The molecule has 3 aromatic rings. The highest BCUT2D eigenvalue weighted by molar-refractivity contribution is 8.03. The topological polar surface area (TPSA) is 80.5 Å². The maximum Gasteiger partial charge on any atom is 0.272 e. The molecule has 154 valence electrons. The highest BCUT2D eigenvalue weighted by atomic mass is 32.2. The highest BCUT2D eigenvalue weighted by Crippen LogP contribution is 2.40. The molecule has 0 saturated heterocycles. The Morgan fingerprint density at radius 3 is 2.26 bits per heavy atom. The Bertz CT molecular complexity index is 1210. The number of rotatable bonds is 6. The molecule has 1 aliphatic heterocycles. The first-order valence-corrected chi connectivity index (χ1v) is 10.2. The Morgan fingerprint density at radius 2 is 1.61 bits per heavy atom. The van der Waals surface area contributed by atoms with Gasteiger partial charge in [0.05, 0.1) is 21.1 Å². The van der Waals surface area contributed by atoms with Crippen LogP contribution in [0.25, 0.3) is 5.57 Å². The third-order valence-electron chi connectivity index (χ3n) is 4.70. The minimum absolute atomic E-state index is 0.124. The zero-order chi connectivity index (χ0) is 22.0. The van der Waals surface area contributed by atoms with Gasteiger partial charge in [-0.1, -0.05) is 36.4 Å². The Balaban J connectivity index is 1.75. The van der Waals surface area contributed by atoms with Gasteiger partial charge in [-0.2, -0.15) is 0 Å². The van der Waals surface area contributed by atoms with E-state index in [0.717, 1.165) is 16.5 Å². The smallest absolute Gasteiger partial charge is 0.268 e. The summed E-state index contributed by atoms with van der Waals surface area (Å²) in [6.07, 6.45) is 0. The quantitative estimate of drug-likeness (QED) is 0.311. The first-order valence-electron chi connectivity index (χ1n) is 9.26. The van der Waals surface area contributed by atoms with E-state index in [-0.39, 0.29) is 21.9 Å². The molecule has 0 atom stereocenters. The molecular formula is C23H15FN2O4S. The molecule has 4 rings (SSSR count). The van der Waals surface area contributed by atoms with Crippen LogP contribution in [0.4, 0.5) is 15.8 Å². The first kappa shape index (κ1) is 20.5. The number of nitrogens with zero attached hydrogens (tertiary/aromatic N) is 2. The summed E-state index contributed by atoms with van der Waals surface area (Å²) in [6, 6.07) is 20.1. The summed E-state index contributed by atoms with van der Waals surface area (Å²) in [5.41, 5.74) is 1.50. The summed E-state index contributed by atoms with van der Waals surface area (Å²) < 4.78 is 13.7. The largest absolute Gasteiger partial charge is 0.272 e. The molecule has 0 bridgehead atoms. The van der Waals surface area contributed by atoms with E-state index in [1.807, 2.05) is 30.3 Å². The van der Waals surface area contributed by atoms with Crippen molar-refractivity contribution in [3.8, 4) is 0 Å². The van der Waals surface area contributed by atoms with E-state index < -0.39 is 22.6 Å². The lowest BCUT2D eigenvalue weighted by molar-refractivity contribution is -0.384. The third-order valence-corrected chi connectivity index (χ3v) is 5.85. The lowest BCUT2D eigenvalue weighted by Gasteiger charge is -2.15. The fourth-order valence-electron chi connectivity index (χ4n) is 3.23. The molecule has 0 aliphatic carbocycles. The van der Waals surface area contributed by atoms with E-state index in [0.29, 0.717) is 11.3 Å². The van der Waals surface area contributed by atoms with Gasteiger partial charge in [-0.15, -0.1) is 11.8 Å². The predicted octanol–water partition coefficient (Wildman–Crippen LogP) is 4.95. The van der Waals surface area contributed by atoms with Crippen molar-refractivity contribution in [2.45, 2.75) is 5.75 Å². The number of carbonyl (C=O) groups is 2. The number of carbonyl (C=O) groups excluding carboxylic acids is 2. The molecule has 1 aliphatic rings. The van der Waals surface area contributed by atoms with Crippen molar-refractivity contribution in [2.24, 2.45) is 0 Å². The maximum absolute atomic E-state index is 13.7. The number of nitro benzene ring substituents is 1. The van der Waals surface area contributed by atoms with Crippen molar-refractivity contribution in [3.05, 3.63) is 111 Å². The minimum Gasteiger partial charge on any atom is -0.268 e. The van der Waals surface area contributed by atoms with E-state index in [2.05, 4.69) is 0 Å². The molecule has 0 spiro atoms. The molecule has 0 unspecified atom stereocenters. The average Bonchev–Trinajstić information content (AvgIpc) is 3.02. The summed E-state index contributed by atoms with van der Waals surface area (Å²) in [6.45, 7) is 0. The molecule has 0 aromatic heterocycles. The first-order chi connectivity index (χ1) is 15.0. The zero-order valence-corrected chi connectivity index (χ0v) is 16.8. The molecule has 3 aromatic carbocycles. The van der Waals surface area contributed by atoms with Crippen molar-refractivity contribution in [3.63, 3.8) is 0 Å². The van der Waals surface area contributed by atoms with Crippen LogP contribution in [-0.2, 0) is 15.3 Å². The highest BCUT2D eigenvalue weighted by Gasteiger charge is 2.40. The fourth-order valence-corrected chi connectivity index (χ4v) is 4.30. The van der Waals surface area contributed by atoms with Gasteiger partial charge in [0, 0.05) is 17.9 Å². The van der Waals surface area contributed by atoms with Crippen LogP contribution >= 0.6 is 11.8 Å². The minimum atomic E-state index is -0.597. The number of thioether (sulfide) groups is 1. The number of halogens is 1. The average molecular weight is 434 g/mol. The maximum atomic E-state index is 13.7. The molecule has 8 heteroatoms. The molecule has 31 heavy (non-hydrogen) atoms. The van der Waals surface area contributed by atoms with Gasteiger partial charge in [0.15, 0.2) is 0 Å². The molecular weight excluding hydrogens is 419 g/mol. The summed E-state index contributed by atoms with van der Waals surface area (Å²) in [7, 11) is 0. The normalized spacial score (nSPS) is 13.8. The van der Waals surface area contributed by atoms with Crippen LogP contribution in [0.3, 0.4) is 0 Å². The van der Waals surface area contributed by atoms with Gasteiger partial charge in [-0.25, -0.2) is 9.29 Å². The van der Waals surface area contributed by atoms with Crippen LogP contribution in [0.5, 0.6) is 0 Å². The predicted molar refractivity (Wildman–Crippen MR) is 117 cm³/mol. The second-order valence-electron chi connectivity index (χ2n) is 6.71. The van der Waals surface area contributed by atoms with Crippen molar-refractivity contribution in [1.29, 1.82) is 0 Å². The monoisotopic (exact) mass is 434 g/mol. The Hall–Kier alpha value is -3.78. The molecule has 6 nitrogen and oxygen atoms in total. The summed E-state index contributed by atoms with van der Waals surface area (Å²) in [5.74, 6) is -1.27. The lowest BCUT2D eigenvalue weighted by Crippen LogP contribution is -2.31. The Labute approximate surface area is 181 Å². The Morgan fingerprint density at radius 1 is 0.903 bits per heavy atom. The van der Waals surface area contributed by atoms with Crippen molar-refractivity contribution in [1.82, 2.24) is 0 Å². The fraction of sp³-hybridized carbons (Fsp3) is 0.0435. The number of anilines is 1. The number of benzene rings is 3. The molecule has 0 fully saturated rings. The second kappa shape index (κ2) is 8.53. The van der Waals surface area contributed by atoms with Gasteiger partial charge in [0.25, 0.3) is 17.5 Å². The van der Waals surface area contributed by atoms with Crippen LogP contribution in [-0.4, -0.2) is 16.7 Å².